The number of fused-ring (bicyclic) bond motifs is 3. The van der Waals surface area contributed by atoms with Crippen molar-refractivity contribution in [1.82, 2.24) is 5.32 Å². The molecule has 1 heterocycles. The van der Waals surface area contributed by atoms with E-state index in [4.69, 9.17) is 5.73 Å². The first-order valence-corrected chi connectivity index (χ1v) is 14.0. The van der Waals surface area contributed by atoms with Gasteiger partial charge in [0.1, 0.15) is 22.8 Å². The van der Waals surface area contributed by atoms with E-state index >= 15 is 0 Å². The fourth-order valence-corrected chi connectivity index (χ4v) is 7.82. The Labute approximate surface area is 239 Å². The highest BCUT2D eigenvalue weighted by molar-refractivity contribution is 6.22. The molecule has 11 nitrogen and oxygen atoms in total. The number of piperidine rings is 1. The van der Waals surface area contributed by atoms with Crippen LogP contribution in [0.4, 0.5) is 11.4 Å². The Morgan fingerprint density at radius 3 is 2.24 bits per heavy atom. The molecular formula is C30H40N4O7. The molecule has 1 aromatic rings. The Kier molecular flexibility index (Phi) is 6.51. The van der Waals surface area contributed by atoms with E-state index in [1.54, 1.807) is 0 Å². The van der Waals surface area contributed by atoms with Crippen molar-refractivity contribution in [3.05, 3.63) is 34.1 Å². The van der Waals surface area contributed by atoms with Crippen LogP contribution < -0.4 is 21.3 Å². The lowest BCUT2D eigenvalue weighted by Crippen LogP contribution is -2.60. The van der Waals surface area contributed by atoms with Gasteiger partial charge in [0.15, 0.2) is 11.4 Å². The first-order valence-electron chi connectivity index (χ1n) is 14.0. The van der Waals surface area contributed by atoms with Gasteiger partial charge in [0.2, 0.25) is 5.78 Å². The van der Waals surface area contributed by atoms with E-state index in [1.165, 1.54) is 0 Å². The minimum Gasteiger partial charge on any atom is -0.508 e. The van der Waals surface area contributed by atoms with E-state index in [0.717, 1.165) is 18.5 Å². The van der Waals surface area contributed by atoms with Crippen LogP contribution in [0.1, 0.15) is 64.5 Å². The number of primary amides is 1. The van der Waals surface area contributed by atoms with Gasteiger partial charge in [-0.2, -0.15) is 0 Å². The number of rotatable bonds is 4. The lowest BCUT2D eigenvalue weighted by atomic mass is 9.59. The quantitative estimate of drug-likeness (QED) is 0.210. The minimum atomic E-state index is -2.59. The molecule has 0 aromatic heterocycles. The van der Waals surface area contributed by atoms with Crippen LogP contribution in [0.3, 0.4) is 0 Å². The van der Waals surface area contributed by atoms with Gasteiger partial charge >= 0.3 is 0 Å². The zero-order chi connectivity index (χ0) is 30.4. The van der Waals surface area contributed by atoms with Gasteiger partial charge in [-0.15, -0.1) is 0 Å². The summed E-state index contributed by atoms with van der Waals surface area (Å²) < 4.78 is 0. The number of phenols is 1. The molecule has 1 amide bonds. The number of nitrogens with one attached hydrogen (secondary N) is 2. The second-order valence-corrected chi connectivity index (χ2v) is 13.6. The molecule has 0 unspecified atom stereocenters. The van der Waals surface area contributed by atoms with Gasteiger partial charge in [0, 0.05) is 54.8 Å². The topological polar surface area (TPSA) is 185 Å². The van der Waals surface area contributed by atoms with Gasteiger partial charge in [-0.05, 0) is 70.9 Å². The number of nitrogens with zero attached hydrogens (tertiary/aromatic N) is 1. The summed E-state index contributed by atoms with van der Waals surface area (Å²) in [5.74, 6) is -6.36. The monoisotopic (exact) mass is 568 g/mol. The van der Waals surface area contributed by atoms with Crippen molar-refractivity contribution in [3.8, 4) is 5.75 Å². The lowest BCUT2D eigenvalue weighted by Gasteiger charge is -2.47. The molecule has 0 spiro atoms. The fourth-order valence-electron chi connectivity index (χ4n) is 7.82. The van der Waals surface area contributed by atoms with Crippen LogP contribution in [0.25, 0.3) is 5.76 Å². The average molecular weight is 569 g/mol. The second kappa shape index (κ2) is 9.22. The second-order valence-electron chi connectivity index (χ2n) is 13.6. The number of Topliss-reactive ketones (excluding diaryl/α,β-unsaturated/α-hetero) is 2. The highest BCUT2D eigenvalue weighted by Gasteiger charge is 2.60. The molecule has 8 N–H and O–H groups in total. The summed E-state index contributed by atoms with van der Waals surface area (Å²) in [5, 5.41) is 52.6. The van der Waals surface area contributed by atoms with Gasteiger partial charge in [0.05, 0.1) is 11.3 Å². The summed E-state index contributed by atoms with van der Waals surface area (Å²) in [4.78, 5) is 40.2. The molecule has 1 saturated heterocycles. The number of anilines is 2. The van der Waals surface area contributed by atoms with Gasteiger partial charge in [-0.1, -0.05) is 0 Å². The molecule has 222 valence electrons. The maximum Gasteiger partial charge on any atom is 0.255 e. The molecule has 0 bridgehead atoms. The zero-order valence-electron chi connectivity index (χ0n) is 24.4. The van der Waals surface area contributed by atoms with E-state index in [2.05, 4.69) is 38.3 Å². The van der Waals surface area contributed by atoms with Crippen molar-refractivity contribution >= 4 is 34.6 Å². The zero-order valence-corrected chi connectivity index (χ0v) is 24.4. The number of aromatic hydroxyl groups is 1. The van der Waals surface area contributed by atoms with Crippen LogP contribution in [0.5, 0.6) is 5.75 Å². The van der Waals surface area contributed by atoms with E-state index < -0.39 is 52.0 Å². The summed E-state index contributed by atoms with van der Waals surface area (Å²) in [6.07, 6.45) is 1.55. The van der Waals surface area contributed by atoms with Crippen LogP contribution in [0.15, 0.2) is 23.0 Å². The Morgan fingerprint density at radius 2 is 1.68 bits per heavy atom. The molecular weight excluding hydrogens is 528 g/mol. The molecule has 3 aliphatic carbocycles. The Bertz CT molecular complexity index is 1420. The van der Waals surface area contributed by atoms with Crippen LogP contribution in [-0.2, 0) is 20.8 Å². The Balaban J connectivity index is 1.64. The van der Waals surface area contributed by atoms with Gasteiger partial charge < -0.3 is 41.7 Å². The van der Waals surface area contributed by atoms with E-state index in [-0.39, 0.29) is 53.3 Å². The van der Waals surface area contributed by atoms with Gasteiger partial charge in [-0.25, -0.2) is 0 Å². The van der Waals surface area contributed by atoms with E-state index in [9.17, 15) is 34.8 Å². The molecule has 11 heteroatoms. The number of carbonyl (C=O) groups excluding carboxylic acids is 3. The number of hydrogen-bond acceptors (Lipinski definition) is 10. The number of aliphatic hydroxyl groups excluding tert-OH is 2. The molecule has 4 aliphatic rings. The average Bonchev–Trinajstić information content (AvgIpc) is 2.80. The van der Waals surface area contributed by atoms with Crippen molar-refractivity contribution < 1.29 is 34.8 Å². The maximum absolute atomic E-state index is 13.9. The first-order chi connectivity index (χ1) is 18.9. The maximum atomic E-state index is 13.9. The number of ketones is 2. The van der Waals surface area contributed by atoms with Gasteiger partial charge in [-0.3, -0.25) is 14.4 Å². The highest BCUT2D eigenvalue weighted by atomic mass is 16.3. The van der Waals surface area contributed by atoms with Crippen LogP contribution >= 0.6 is 0 Å². The lowest BCUT2D eigenvalue weighted by molar-refractivity contribution is -0.147. The van der Waals surface area contributed by atoms with Gasteiger partial charge in [0.25, 0.3) is 5.91 Å². The Hall–Kier alpha value is -3.57. The molecule has 41 heavy (non-hydrogen) atoms. The summed E-state index contributed by atoms with van der Waals surface area (Å²) >= 11 is 0. The van der Waals surface area contributed by atoms with Crippen molar-refractivity contribution in [1.29, 1.82) is 0 Å². The van der Waals surface area contributed by atoms with Crippen LogP contribution in [-0.4, -0.2) is 74.7 Å². The molecule has 3 atom stereocenters. The number of benzene rings is 1. The smallest absolute Gasteiger partial charge is 0.255 e. The Morgan fingerprint density at radius 1 is 1.07 bits per heavy atom. The summed E-state index contributed by atoms with van der Waals surface area (Å²) in [6.45, 7) is 8.48. The largest absolute Gasteiger partial charge is 0.508 e. The number of phenolic OH excluding ortho intramolecular Hbond substituents is 1. The highest BCUT2D eigenvalue weighted by Crippen LogP contribution is 2.54. The van der Waals surface area contributed by atoms with Crippen molar-refractivity contribution in [2.75, 3.05) is 24.3 Å². The number of aliphatic hydroxyl groups is 3. The third-order valence-electron chi connectivity index (χ3n) is 9.07. The predicted molar refractivity (Wildman–Crippen MR) is 154 cm³/mol. The summed E-state index contributed by atoms with van der Waals surface area (Å²) in [7, 11) is 3.70. The number of carbonyl (C=O) groups is 3. The fraction of sp³-hybridized carbons (Fsp3) is 0.567. The molecule has 1 aliphatic heterocycles. The van der Waals surface area contributed by atoms with Crippen LogP contribution in [0, 0.1) is 11.8 Å². The molecule has 1 saturated carbocycles. The minimum absolute atomic E-state index is 0.00166. The van der Waals surface area contributed by atoms with Crippen molar-refractivity contribution in [3.63, 3.8) is 0 Å². The summed E-state index contributed by atoms with van der Waals surface area (Å²) in [6, 6.07) is 1.84. The standard InChI is InChI=1S/C30H40N4O7/c1-28(2)11-15(12-29(3,4)33-28)32-17-10-18(34(5)6)16-8-13-7-14-9-19(35)22(27(31)40)26(39)30(14,41)25(38)20(13)24(37)21(16)23(17)36/h10,13-15,32-33,36-37,39,41H,7-9,11-12H2,1-6H3,(H2,31,40)/t13-,14+,30+/m1/s1. The predicted octanol–water partition coefficient (Wildman–Crippen LogP) is 2.21. The van der Waals surface area contributed by atoms with Crippen molar-refractivity contribution in [2.45, 2.75) is 82.5 Å². The molecule has 0 radical (unpaired) electrons. The molecule has 1 aromatic carbocycles. The molecule has 2 fully saturated rings. The SMILES string of the molecule is CN(C)c1cc(NC2CC(C)(C)NC(C)(C)C2)c(O)c2c1C[C@H]1C[C@H]3CC(=O)C(C(N)=O)=C(O)[C@@]3(O)C(=O)C1=C2O. The third-order valence-corrected chi connectivity index (χ3v) is 9.07. The number of hydrogen-bond donors (Lipinski definition) is 7. The summed E-state index contributed by atoms with van der Waals surface area (Å²) in [5.41, 5.74) is 3.28. The van der Waals surface area contributed by atoms with Crippen molar-refractivity contribution in [2.24, 2.45) is 17.6 Å². The van der Waals surface area contributed by atoms with E-state index in [0.29, 0.717) is 11.3 Å². The normalized spacial score (nSPS) is 29.0. The number of nitrogens with two attached hydrogens (primary N) is 1. The third kappa shape index (κ3) is 4.46. The molecule has 5 rings (SSSR count). The van der Waals surface area contributed by atoms with E-state index in [1.807, 2.05) is 25.1 Å². The first kappa shape index (κ1) is 28.9. The number of amides is 1. The van der Waals surface area contributed by atoms with Crippen LogP contribution in [0.2, 0.25) is 0 Å².